The molecular weight excluding hydrogens is 357 g/mol. The molecule has 0 fully saturated rings. The normalized spacial score (nSPS) is 10.5. The topological polar surface area (TPSA) is 104 Å². The van der Waals surface area contributed by atoms with Gasteiger partial charge < -0.3 is 15.0 Å². The first-order chi connectivity index (χ1) is 12.5. The number of methoxy groups -OCH3 is 1. The monoisotopic (exact) mass is 371 g/mol. The van der Waals surface area contributed by atoms with Crippen molar-refractivity contribution in [1.82, 2.24) is 15.0 Å². The van der Waals surface area contributed by atoms with Gasteiger partial charge in [0.15, 0.2) is 16.7 Å². The first kappa shape index (κ1) is 17.7. The van der Waals surface area contributed by atoms with E-state index in [0.29, 0.717) is 33.1 Å². The number of aryl methyl sites for hydroxylation is 1. The number of halogens is 1. The van der Waals surface area contributed by atoms with E-state index in [2.05, 4.69) is 20.3 Å². The van der Waals surface area contributed by atoms with Gasteiger partial charge in [0.2, 0.25) is 5.91 Å². The third-order valence-electron chi connectivity index (χ3n) is 3.62. The maximum absolute atomic E-state index is 13.6. The minimum Gasteiger partial charge on any atom is -0.494 e. The largest absolute Gasteiger partial charge is 0.494 e. The molecule has 0 aliphatic heterocycles. The summed E-state index contributed by atoms with van der Waals surface area (Å²) in [6, 6.07) is 6.21. The molecule has 0 unspecified atom stereocenters. The minimum absolute atomic E-state index is 0.0883. The fraction of sp³-hybridized carbons (Fsp3) is 0.176. The fourth-order valence-electron chi connectivity index (χ4n) is 2.34. The van der Waals surface area contributed by atoms with Crippen LogP contribution in [0.25, 0.3) is 11.0 Å². The van der Waals surface area contributed by atoms with E-state index >= 15 is 0 Å². The van der Waals surface area contributed by atoms with E-state index in [-0.39, 0.29) is 17.4 Å². The van der Waals surface area contributed by atoms with E-state index in [4.69, 9.17) is 10.00 Å². The van der Waals surface area contributed by atoms with Gasteiger partial charge in [-0.25, -0.2) is 14.4 Å². The zero-order valence-electron chi connectivity index (χ0n) is 14.0. The number of carbonyl (C=O) groups excluding carboxylic acids is 1. The van der Waals surface area contributed by atoms with Crippen LogP contribution in [0.15, 0.2) is 29.6 Å². The number of anilines is 1. The Labute approximate surface area is 152 Å². The lowest BCUT2D eigenvalue weighted by Crippen LogP contribution is -2.14. The molecule has 7 nitrogen and oxygen atoms in total. The van der Waals surface area contributed by atoms with Gasteiger partial charge in [0, 0.05) is 17.3 Å². The van der Waals surface area contributed by atoms with Gasteiger partial charge in [0.05, 0.1) is 30.1 Å². The molecule has 9 heteroatoms. The number of nitrogens with zero attached hydrogens (tertiary/aromatic N) is 3. The van der Waals surface area contributed by atoms with Gasteiger partial charge >= 0.3 is 0 Å². The quantitative estimate of drug-likeness (QED) is 0.668. The Morgan fingerprint density at radius 2 is 2.31 bits per heavy atom. The number of thioether (sulfide) groups is 1. The van der Waals surface area contributed by atoms with Crippen molar-refractivity contribution in [1.29, 1.82) is 5.26 Å². The van der Waals surface area contributed by atoms with E-state index in [0.717, 1.165) is 0 Å². The van der Waals surface area contributed by atoms with Crippen LogP contribution in [0.5, 0.6) is 5.75 Å². The molecule has 3 rings (SSSR count). The lowest BCUT2D eigenvalue weighted by molar-refractivity contribution is -0.113. The summed E-state index contributed by atoms with van der Waals surface area (Å²) in [6.07, 6.45) is 1.54. The predicted octanol–water partition coefficient (Wildman–Crippen LogP) is 3.02. The lowest BCUT2D eigenvalue weighted by atomic mass is 10.2. The van der Waals surface area contributed by atoms with Crippen molar-refractivity contribution in [2.45, 2.75) is 12.1 Å². The van der Waals surface area contributed by atoms with Crippen molar-refractivity contribution < 1.29 is 13.9 Å². The Morgan fingerprint density at radius 3 is 3.00 bits per heavy atom. The molecule has 0 bridgehead atoms. The van der Waals surface area contributed by atoms with E-state index in [1.165, 1.54) is 37.2 Å². The second-order valence-electron chi connectivity index (χ2n) is 5.33. The Balaban J connectivity index is 1.66. The van der Waals surface area contributed by atoms with E-state index in [9.17, 15) is 9.18 Å². The summed E-state index contributed by atoms with van der Waals surface area (Å²) in [5.74, 6) is -0.648. The number of hydrogen-bond acceptors (Lipinski definition) is 6. The number of pyridine rings is 1. The molecule has 0 aliphatic rings. The molecule has 0 atom stereocenters. The van der Waals surface area contributed by atoms with Gasteiger partial charge in [-0.05, 0) is 19.1 Å². The van der Waals surface area contributed by atoms with Gasteiger partial charge in [-0.2, -0.15) is 5.26 Å². The number of ether oxygens (including phenoxy) is 1. The number of nitrogens with one attached hydrogen (secondary N) is 2. The van der Waals surface area contributed by atoms with E-state index in [1.54, 1.807) is 13.0 Å². The number of carbonyl (C=O) groups is 1. The number of fused-ring (bicyclic) bond motifs is 1. The first-order valence-electron chi connectivity index (χ1n) is 7.53. The number of aromatic amines is 1. The summed E-state index contributed by atoms with van der Waals surface area (Å²) < 4.78 is 18.5. The number of rotatable bonds is 5. The smallest absolute Gasteiger partial charge is 0.234 e. The molecule has 0 saturated heterocycles. The van der Waals surface area contributed by atoms with E-state index in [1.807, 2.05) is 6.07 Å². The minimum atomic E-state index is -0.550. The maximum Gasteiger partial charge on any atom is 0.234 e. The molecule has 3 aromatic rings. The predicted molar refractivity (Wildman–Crippen MR) is 95.6 cm³/mol. The second-order valence-corrected chi connectivity index (χ2v) is 6.30. The van der Waals surface area contributed by atoms with Crippen LogP contribution in [0.1, 0.15) is 11.3 Å². The van der Waals surface area contributed by atoms with Crippen LogP contribution in [0.2, 0.25) is 0 Å². The van der Waals surface area contributed by atoms with Crippen LogP contribution < -0.4 is 10.1 Å². The third-order valence-corrected chi connectivity index (χ3v) is 4.50. The molecule has 0 saturated carbocycles. The number of hydrogen-bond donors (Lipinski definition) is 2. The number of aromatic nitrogens is 3. The molecule has 2 aromatic heterocycles. The summed E-state index contributed by atoms with van der Waals surface area (Å²) in [5.41, 5.74) is 2.70. The maximum atomic E-state index is 13.6. The SMILES string of the molecule is COc1ccc(NC(=O)CSc2nc3c(C)c(C#N)ncc3[nH]2)cc1F. The highest BCUT2D eigenvalue weighted by atomic mass is 32.2. The van der Waals surface area contributed by atoms with Gasteiger partial charge in [-0.15, -0.1) is 0 Å². The lowest BCUT2D eigenvalue weighted by Gasteiger charge is -2.06. The fourth-order valence-corrected chi connectivity index (χ4v) is 3.02. The Hall–Kier alpha value is -3.12. The Bertz CT molecular complexity index is 1030. The van der Waals surface area contributed by atoms with Crippen LogP contribution in [0.3, 0.4) is 0 Å². The van der Waals surface area contributed by atoms with Crippen LogP contribution in [-0.4, -0.2) is 33.7 Å². The van der Waals surface area contributed by atoms with Gasteiger partial charge in [-0.1, -0.05) is 11.8 Å². The highest BCUT2D eigenvalue weighted by Gasteiger charge is 2.12. The molecule has 2 N–H and O–H groups in total. The average molecular weight is 371 g/mol. The van der Waals surface area contributed by atoms with Crippen molar-refractivity contribution in [2.75, 3.05) is 18.2 Å². The average Bonchev–Trinajstić information content (AvgIpc) is 3.05. The third kappa shape index (κ3) is 3.60. The van der Waals surface area contributed by atoms with Crippen LogP contribution in [0, 0.1) is 24.1 Å². The molecule has 132 valence electrons. The number of H-pyrrole nitrogens is 1. The summed E-state index contributed by atoms with van der Waals surface area (Å²) in [5, 5.41) is 12.2. The molecule has 26 heavy (non-hydrogen) atoms. The number of nitriles is 1. The Kier molecular flexibility index (Phi) is 5.04. The van der Waals surface area contributed by atoms with Gasteiger partial charge in [-0.3, -0.25) is 4.79 Å². The summed E-state index contributed by atoms with van der Waals surface area (Å²) in [6.45, 7) is 1.77. The van der Waals surface area contributed by atoms with Crippen LogP contribution in [0.4, 0.5) is 10.1 Å². The zero-order chi connectivity index (χ0) is 18.7. The van der Waals surface area contributed by atoms with Crippen molar-refractivity contribution in [3.8, 4) is 11.8 Å². The number of imidazole rings is 1. The van der Waals surface area contributed by atoms with Crippen LogP contribution >= 0.6 is 11.8 Å². The summed E-state index contributed by atoms with van der Waals surface area (Å²) >= 11 is 1.20. The highest BCUT2D eigenvalue weighted by Crippen LogP contribution is 2.24. The first-order valence-corrected chi connectivity index (χ1v) is 8.52. The van der Waals surface area contributed by atoms with Crippen molar-refractivity contribution in [3.05, 3.63) is 41.5 Å². The Morgan fingerprint density at radius 1 is 1.50 bits per heavy atom. The second kappa shape index (κ2) is 7.41. The van der Waals surface area contributed by atoms with Crippen molar-refractivity contribution in [2.24, 2.45) is 0 Å². The molecular formula is C17H14FN5O2S. The van der Waals surface area contributed by atoms with Gasteiger partial charge in [0.1, 0.15) is 11.8 Å². The van der Waals surface area contributed by atoms with E-state index < -0.39 is 5.82 Å². The summed E-state index contributed by atoms with van der Waals surface area (Å²) in [4.78, 5) is 23.5. The molecule has 1 amide bonds. The number of benzene rings is 1. The van der Waals surface area contributed by atoms with Crippen molar-refractivity contribution >= 4 is 34.4 Å². The molecule has 0 radical (unpaired) electrons. The molecule has 2 heterocycles. The summed E-state index contributed by atoms with van der Waals surface area (Å²) in [7, 11) is 1.37. The zero-order valence-corrected chi connectivity index (χ0v) is 14.8. The van der Waals surface area contributed by atoms with Gasteiger partial charge in [0.25, 0.3) is 0 Å². The highest BCUT2D eigenvalue weighted by molar-refractivity contribution is 7.99. The van der Waals surface area contributed by atoms with Crippen LogP contribution in [-0.2, 0) is 4.79 Å². The molecule has 1 aromatic carbocycles. The van der Waals surface area contributed by atoms with Crippen molar-refractivity contribution in [3.63, 3.8) is 0 Å². The number of amides is 1. The standard InChI is InChI=1S/C17H14FN5O2S/c1-9-12(6-19)20-7-13-16(9)23-17(22-13)26-8-15(24)21-10-3-4-14(25-2)11(18)5-10/h3-5,7H,8H2,1-2H3,(H,21,24)(H,22,23). The molecule has 0 spiro atoms. The molecule has 0 aliphatic carbocycles.